The summed E-state index contributed by atoms with van der Waals surface area (Å²) in [5.41, 5.74) is 0. The first-order chi connectivity index (χ1) is 27.2. The summed E-state index contributed by atoms with van der Waals surface area (Å²) < 4.78 is 23.6. The van der Waals surface area contributed by atoms with Gasteiger partial charge in [0.15, 0.2) is 0 Å². The first-order valence-corrected chi connectivity index (χ1v) is 26.0. The van der Waals surface area contributed by atoms with Crippen LogP contribution in [-0.2, 0) is 47.7 Å². The molecule has 10 nitrogen and oxygen atoms in total. The van der Waals surface area contributed by atoms with E-state index in [0.717, 1.165) is 59.5 Å². The zero-order valence-corrected chi connectivity index (χ0v) is 41.3. The van der Waals surface area contributed by atoms with Crippen LogP contribution in [0.2, 0.25) is 0 Å². The van der Waals surface area contributed by atoms with Gasteiger partial charge >= 0.3 is 29.8 Å². The van der Waals surface area contributed by atoms with Crippen molar-refractivity contribution in [3.8, 4) is 0 Å². The number of ether oxygens (including phenoxy) is 5. The molecule has 0 spiro atoms. The third kappa shape index (κ3) is 30.7. The largest absolute Gasteiger partial charge is 0.469 e. The number of esters is 5. The van der Waals surface area contributed by atoms with E-state index in [-0.39, 0.29) is 29.8 Å². The molecule has 1 aliphatic carbocycles. The van der Waals surface area contributed by atoms with E-state index in [2.05, 4.69) is 39.4 Å². The molecule has 336 valence electrons. The highest BCUT2D eigenvalue weighted by molar-refractivity contribution is 8.00. The molecule has 0 saturated heterocycles. The van der Waals surface area contributed by atoms with E-state index in [9.17, 15) is 24.0 Å². The number of carbonyl (C=O) groups excluding carboxylic acids is 5. The number of carbonyl (C=O) groups is 5. The lowest BCUT2D eigenvalue weighted by Crippen LogP contribution is -2.37. The number of hydrogen-bond donors (Lipinski definition) is 0. The molecule has 0 radical (unpaired) electrons. The van der Waals surface area contributed by atoms with Crippen LogP contribution in [0.1, 0.15) is 113 Å². The van der Waals surface area contributed by atoms with Crippen LogP contribution in [-0.4, -0.2) is 121 Å². The van der Waals surface area contributed by atoms with Crippen LogP contribution >= 0.6 is 58.8 Å². The Hall–Kier alpha value is -0.900. The quantitative estimate of drug-likeness (QED) is 0.0419. The summed E-state index contributed by atoms with van der Waals surface area (Å²) in [5.74, 6) is 8.40. The van der Waals surface area contributed by atoms with E-state index in [1.807, 2.05) is 60.9 Å². The minimum Gasteiger partial charge on any atom is -0.469 e. The van der Waals surface area contributed by atoms with Gasteiger partial charge in [0.25, 0.3) is 0 Å². The predicted octanol–water partition coefficient (Wildman–Crippen LogP) is 9.73. The second kappa shape index (κ2) is 38.1. The van der Waals surface area contributed by atoms with E-state index < -0.39 is 0 Å². The van der Waals surface area contributed by atoms with Crippen molar-refractivity contribution in [2.75, 3.05) is 75.8 Å². The smallest absolute Gasteiger partial charge is 0.306 e. The third-order valence-corrected chi connectivity index (χ3v) is 16.5. The molecule has 1 fully saturated rings. The third-order valence-electron chi connectivity index (χ3n) is 9.66. The molecule has 0 aromatic heterocycles. The monoisotopic (exact) mass is 902 g/mol. The average Bonchev–Trinajstić information content (AvgIpc) is 3.20. The molecule has 0 bridgehead atoms. The van der Waals surface area contributed by atoms with Gasteiger partial charge in [-0.1, -0.05) is 48.5 Å². The molecule has 1 saturated carbocycles. The fourth-order valence-corrected chi connectivity index (χ4v) is 12.6. The first kappa shape index (κ1) is 58.2. The van der Waals surface area contributed by atoms with Gasteiger partial charge in [0.1, 0.15) is 0 Å². The molecular formula is C42H78O10S5. The van der Waals surface area contributed by atoms with Gasteiger partial charge in [-0.05, 0) is 73.2 Å². The van der Waals surface area contributed by atoms with Crippen molar-refractivity contribution in [1.82, 2.24) is 0 Å². The topological polar surface area (TPSA) is 132 Å². The summed E-state index contributed by atoms with van der Waals surface area (Å²) in [6, 6.07) is 0. The van der Waals surface area contributed by atoms with Crippen molar-refractivity contribution in [2.45, 2.75) is 128 Å². The maximum absolute atomic E-state index is 11.4. The number of rotatable bonds is 28. The molecule has 0 amide bonds. The van der Waals surface area contributed by atoms with Crippen LogP contribution in [0.4, 0.5) is 0 Å². The lowest BCUT2D eigenvalue weighted by molar-refractivity contribution is -0.141. The number of hydrogen-bond acceptors (Lipinski definition) is 15. The Balaban J connectivity index is 0. The molecule has 6 atom stereocenters. The Kier molecular flexibility index (Phi) is 38.8. The van der Waals surface area contributed by atoms with Crippen LogP contribution in [0.15, 0.2) is 0 Å². The summed E-state index contributed by atoms with van der Waals surface area (Å²) >= 11 is 9.32. The second-order valence-electron chi connectivity index (χ2n) is 14.4. The van der Waals surface area contributed by atoms with Crippen LogP contribution in [0.3, 0.4) is 0 Å². The standard InChI is InChI=1S/C22H40O6S3.C18H32O4S2.C2H6/c1-17(2)19(31-15-11-22(25)28-5)7-6-18(16-30-14-10-21(24)27-4)8-12-29-13-9-20(23)26-3;1-12(2)14-11-15(23-8-6-17(19)21-4)13(3)10-16(14)24-9-7-18(20)22-5;1-2/h17-19H,6-16H2,1-5H3;12-16H,6-11H2,1-5H3;1-2H3. The highest BCUT2D eigenvalue weighted by Gasteiger charge is 2.37. The highest BCUT2D eigenvalue weighted by atomic mass is 32.2. The Morgan fingerprint density at radius 3 is 1.44 bits per heavy atom. The van der Waals surface area contributed by atoms with E-state index in [4.69, 9.17) is 18.9 Å². The summed E-state index contributed by atoms with van der Waals surface area (Å²) in [7, 11) is 7.16. The van der Waals surface area contributed by atoms with E-state index in [1.165, 1.54) is 48.4 Å². The molecule has 57 heavy (non-hydrogen) atoms. The van der Waals surface area contributed by atoms with Crippen LogP contribution < -0.4 is 0 Å². The Morgan fingerprint density at radius 2 is 0.982 bits per heavy atom. The van der Waals surface area contributed by atoms with Gasteiger partial charge in [0, 0.05) is 44.5 Å². The molecule has 0 heterocycles. The summed E-state index contributed by atoms with van der Waals surface area (Å²) in [5, 5.41) is 1.74. The predicted molar refractivity (Wildman–Crippen MR) is 247 cm³/mol. The molecule has 15 heteroatoms. The lowest BCUT2D eigenvalue weighted by atomic mass is 9.77. The van der Waals surface area contributed by atoms with Gasteiger partial charge in [-0.2, -0.15) is 58.8 Å². The van der Waals surface area contributed by atoms with E-state index >= 15 is 0 Å². The van der Waals surface area contributed by atoms with Gasteiger partial charge in [-0.15, -0.1) is 0 Å². The summed E-state index contributed by atoms with van der Waals surface area (Å²) in [4.78, 5) is 56.5. The maximum atomic E-state index is 11.4. The van der Waals surface area contributed by atoms with Crippen molar-refractivity contribution < 1.29 is 47.7 Å². The minimum atomic E-state index is -0.163. The Labute approximate surface area is 368 Å². The van der Waals surface area contributed by atoms with Gasteiger partial charge < -0.3 is 23.7 Å². The second-order valence-corrected chi connectivity index (χ2v) is 20.8. The van der Waals surface area contributed by atoms with Gasteiger partial charge in [-0.25, -0.2) is 0 Å². The molecule has 0 aliphatic heterocycles. The van der Waals surface area contributed by atoms with Crippen molar-refractivity contribution in [2.24, 2.45) is 29.6 Å². The summed E-state index contributed by atoms with van der Waals surface area (Å²) in [6.45, 7) is 15.4. The summed E-state index contributed by atoms with van der Waals surface area (Å²) in [6.07, 6.45) is 8.04. The van der Waals surface area contributed by atoms with Crippen molar-refractivity contribution in [3.05, 3.63) is 0 Å². The minimum absolute atomic E-state index is 0.122. The number of thioether (sulfide) groups is 5. The van der Waals surface area contributed by atoms with Gasteiger partial charge in [0.2, 0.25) is 0 Å². The average molecular weight is 903 g/mol. The Morgan fingerprint density at radius 1 is 0.544 bits per heavy atom. The molecule has 6 unspecified atom stereocenters. The lowest BCUT2D eigenvalue weighted by Gasteiger charge is -2.41. The van der Waals surface area contributed by atoms with Gasteiger partial charge in [0.05, 0.1) is 67.7 Å². The maximum Gasteiger partial charge on any atom is 0.306 e. The molecule has 0 aromatic rings. The fraction of sp³-hybridized carbons (Fsp3) is 0.881. The van der Waals surface area contributed by atoms with Crippen LogP contribution in [0.5, 0.6) is 0 Å². The molecule has 0 N–H and O–H groups in total. The van der Waals surface area contributed by atoms with Crippen molar-refractivity contribution >= 4 is 88.7 Å². The van der Waals surface area contributed by atoms with E-state index in [0.29, 0.717) is 77.4 Å². The van der Waals surface area contributed by atoms with E-state index in [1.54, 1.807) is 11.8 Å². The SMILES string of the molecule is CC.COC(=O)CCSC1CC(C(C)C)C(SCCC(=O)OC)CC1C.COC(=O)CCSCCC(CCC(SCCC(=O)OC)C(C)C)CSCCC(=O)OC. The molecule has 1 aliphatic rings. The van der Waals surface area contributed by atoms with Gasteiger partial charge in [-0.3, -0.25) is 24.0 Å². The Bertz CT molecular complexity index is 1060. The number of methoxy groups -OCH3 is 5. The fourth-order valence-electron chi connectivity index (χ4n) is 6.10. The molecule has 1 rings (SSSR count). The zero-order chi connectivity index (χ0) is 43.6. The highest BCUT2D eigenvalue weighted by Crippen LogP contribution is 2.44. The van der Waals surface area contributed by atoms with Crippen LogP contribution in [0.25, 0.3) is 0 Å². The first-order valence-electron chi connectivity index (χ1n) is 20.6. The van der Waals surface area contributed by atoms with Crippen molar-refractivity contribution in [3.63, 3.8) is 0 Å². The normalized spacial score (nSPS) is 18.6. The van der Waals surface area contributed by atoms with Crippen molar-refractivity contribution in [1.29, 1.82) is 0 Å². The molecule has 0 aromatic carbocycles. The molecular weight excluding hydrogens is 825 g/mol. The zero-order valence-electron chi connectivity index (χ0n) is 37.3. The van der Waals surface area contributed by atoms with Crippen LogP contribution in [0, 0.1) is 29.6 Å².